The van der Waals surface area contributed by atoms with E-state index in [-0.39, 0.29) is 31.1 Å². The third-order valence-corrected chi connectivity index (χ3v) is 7.67. The van der Waals surface area contributed by atoms with Crippen LogP contribution >= 0.6 is 22.7 Å². The SMILES string of the molecule is O=C(COc1ccccc1)OCC(=O)N1N=C2C(=Cc3cccs3)CCCC2C1c1cccs1. The van der Waals surface area contributed by atoms with E-state index in [1.165, 1.54) is 15.5 Å². The number of para-hydroxylation sites is 1. The molecule has 2 aromatic heterocycles. The lowest BCUT2D eigenvalue weighted by atomic mass is 9.79. The molecule has 1 aliphatic carbocycles. The Morgan fingerprint density at radius 3 is 2.62 bits per heavy atom. The molecule has 2 unspecified atom stereocenters. The molecule has 1 amide bonds. The maximum Gasteiger partial charge on any atom is 0.344 e. The van der Waals surface area contributed by atoms with Crippen LogP contribution in [-0.2, 0) is 14.3 Å². The van der Waals surface area contributed by atoms with Gasteiger partial charge < -0.3 is 9.47 Å². The first-order valence-electron chi connectivity index (χ1n) is 11.2. The fraction of sp³-hybridized carbons (Fsp3) is 0.269. The summed E-state index contributed by atoms with van der Waals surface area (Å²) in [5.74, 6) is -0.209. The molecule has 6 nitrogen and oxygen atoms in total. The van der Waals surface area contributed by atoms with Crippen molar-refractivity contribution in [3.63, 3.8) is 0 Å². The van der Waals surface area contributed by atoms with Crippen LogP contribution in [0.3, 0.4) is 0 Å². The van der Waals surface area contributed by atoms with Gasteiger partial charge in [0.25, 0.3) is 5.91 Å². The minimum absolute atomic E-state index is 0.139. The summed E-state index contributed by atoms with van der Waals surface area (Å²) in [7, 11) is 0. The molecule has 2 aliphatic rings. The van der Waals surface area contributed by atoms with Crippen LogP contribution in [0.4, 0.5) is 0 Å². The lowest BCUT2D eigenvalue weighted by molar-refractivity contribution is -0.154. The highest BCUT2D eigenvalue weighted by molar-refractivity contribution is 7.11. The van der Waals surface area contributed by atoms with Gasteiger partial charge in [-0.2, -0.15) is 5.10 Å². The average Bonchev–Trinajstić information content (AvgIpc) is 3.63. The van der Waals surface area contributed by atoms with Gasteiger partial charge in [0.05, 0.1) is 11.8 Å². The standard InChI is InChI=1S/C26H24N2O4S2/c29-23(16-32-24(30)17-31-19-8-2-1-3-9-19)28-26(22-12-6-14-34-22)21-11-4-7-18(25(21)27-28)15-20-10-5-13-33-20/h1-3,5-6,8-10,12-15,21,26H,4,7,11,16-17H2. The number of hydrazone groups is 1. The van der Waals surface area contributed by atoms with Crippen molar-refractivity contribution in [2.24, 2.45) is 11.0 Å². The van der Waals surface area contributed by atoms with Crippen LogP contribution in [-0.4, -0.2) is 35.8 Å². The Morgan fingerprint density at radius 2 is 1.85 bits per heavy atom. The Kier molecular flexibility index (Phi) is 6.87. The van der Waals surface area contributed by atoms with Gasteiger partial charge in [-0.25, -0.2) is 9.80 Å². The number of hydrogen-bond acceptors (Lipinski definition) is 7. The number of rotatable bonds is 7. The highest BCUT2D eigenvalue weighted by Crippen LogP contribution is 2.45. The van der Waals surface area contributed by atoms with E-state index in [9.17, 15) is 9.59 Å². The molecule has 1 aliphatic heterocycles. The summed E-state index contributed by atoms with van der Waals surface area (Å²) >= 11 is 3.31. The first kappa shape index (κ1) is 22.6. The molecule has 0 radical (unpaired) electrons. The molecule has 1 fully saturated rings. The third-order valence-electron chi connectivity index (χ3n) is 5.91. The van der Waals surface area contributed by atoms with E-state index >= 15 is 0 Å². The van der Waals surface area contributed by atoms with Crippen molar-refractivity contribution in [1.82, 2.24) is 5.01 Å². The second-order valence-electron chi connectivity index (χ2n) is 8.13. The number of hydrogen-bond donors (Lipinski definition) is 0. The normalized spacial score (nSPS) is 20.6. The number of thiophene rings is 2. The number of carbonyl (C=O) groups excluding carboxylic acids is 2. The number of allylic oxidation sites excluding steroid dienone is 1. The van der Waals surface area contributed by atoms with Crippen LogP contribution in [0.1, 0.15) is 35.1 Å². The molecule has 0 N–H and O–H groups in total. The fourth-order valence-corrected chi connectivity index (χ4v) is 5.96. The summed E-state index contributed by atoms with van der Waals surface area (Å²) in [6.07, 6.45) is 5.16. The zero-order valence-electron chi connectivity index (χ0n) is 18.5. The predicted molar refractivity (Wildman–Crippen MR) is 134 cm³/mol. The summed E-state index contributed by atoms with van der Waals surface area (Å²) in [5, 5.41) is 10.4. The third kappa shape index (κ3) is 4.98. The molecule has 3 heterocycles. The van der Waals surface area contributed by atoms with Crippen molar-refractivity contribution in [3.8, 4) is 5.75 Å². The highest BCUT2D eigenvalue weighted by Gasteiger charge is 2.44. The monoisotopic (exact) mass is 492 g/mol. The van der Waals surface area contributed by atoms with E-state index in [4.69, 9.17) is 14.6 Å². The van der Waals surface area contributed by atoms with Gasteiger partial charge in [0.1, 0.15) is 5.75 Å². The van der Waals surface area contributed by atoms with Gasteiger partial charge in [0.2, 0.25) is 0 Å². The molecular formula is C26H24N2O4S2. The maximum absolute atomic E-state index is 13.2. The fourth-order valence-electron chi connectivity index (χ4n) is 4.40. The van der Waals surface area contributed by atoms with Crippen molar-refractivity contribution >= 4 is 46.3 Å². The Labute approximate surface area is 206 Å². The van der Waals surface area contributed by atoms with Crippen molar-refractivity contribution in [2.75, 3.05) is 13.2 Å². The highest BCUT2D eigenvalue weighted by atomic mass is 32.1. The summed E-state index contributed by atoms with van der Waals surface area (Å²) in [6, 6.07) is 17.0. The van der Waals surface area contributed by atoms with Crippen LogP contribution < -0.4 is 4.74 Å². The Hall–Kier alpha value is -3.23. The van der Waals surface area contributed by atoms with Gasteiger partial charge in [0.15, 0.2) is 13.2 Å². The lowest BCUT2D eigenvalue weighted by Gasteiger charge is -2.28. The summed E-state index contributed by atoms with van der Waals surface area (Å²) < 4.78 is 10.7. The molecule has 1 saturated carbocycles. The lowest BCUT2D eigenvalue weighted by Crippen LogP contribution is -2.34. The van der Waals surface area contributed by atoms with Gasteiger partial charge in [-0.1, -0.05) is 30.3 Å². The minimum atomic E-state index is -0.590. The van der Waals surface area contributed by atoms with Crippen molar-refractivity contribution in [1.29, 1.82) is 0 Å². The molecule has 0 spiro atoms. The van der Waals surface area contributed by atoms with Gasteiger partial charge in [-0.3, -0.25) is 4.79 Å². The minimum Gasteiger partial charge on any atom is -0.482 e. The van der Waals surface area contributed by atoms with E-state index in [0.717, 1.165) is 29.9 Å². The summed E-state index contributed by atoms with van der Waals surface area (Å²) in [6.45, 7) is -0.622. The van der Waals surface area contributed by atoms with E-state index < -0.39 is 5.97 Å². The molecule has 1 aromatic carbocycles. The molecule has 174 valence electrons. The van der Waals surface area contributed by atoms with E-state index in [2.05, 4.69) is 17.5 Å². The molecule has 3 aromatic rings. The predicted octanol–water partition coefficient (Wildman–Crippen LogP) is 5.55. The number of ether oxygens (including phenoxy) is 2. The van der Waals surface area contributed by atoms with Gasteiger partial charge >= 0.3 is 5.97 Å². The number of fused-ring (bicyclic) bond motifs is 1. The quantitative estimate of drug-likeness (QED) is 0.405. The van der Waals surface area contributed by atoms with E-state index in [1.807, 2.05) is 41.8 Å². The summed E-state index contributed by atoms with van der Waals surface area (Å²) in [4.78, 5) is 27.6. The van der Waals surface area contributed by atoms with E-state index in [0.29, 0.717) is 5.75 Å². The first-order chi connectivity index (χ1) is 16.7. The first-order valence-corrected chi connectivity index (χ1v) is 13.0. The van der Waals surface area contributed by atoms with Crippen LogP contribution in [0.2, 0.25) is 0 Å². The van der Waals surface area contributed by atoms with Crippen LogP contribution in [0.25, 0.3) is 6.08 Å². The average molecular weight is 493 g/mol. The number of benzene rings is 1. The molecule has 5 rings (SSSR count). The van der Waals surface area contributed by atoms with Gasteiger partial charge in [0, 0.05) is 15.7 Å². The van der Waals surface area contributed by atoms with Crippen molar-refractivity contribution in [2.45, 2.75) is 25.3 Å². The van der Waals surface area contributed by atoms with Gasteiger partial charge in [-0.05, 0) is 65.9 Å². The second kappa shape index (κ2) is 10.4. The Morgan fingerprint density at radius 1 is 1.03 bits per heavy atom. The van der Waals surface area contributed by atoms with Crippen LogP contribution in [0.15, 0.2) is 76.0 Å². The Balaban J connectivity index is 1.30. The van der Waals surface area contributed by atoms with Crippen molar-refractivity contribution < 1.29 is 19.1 Å². The van der Waals surface area contributed by atoms with Gasteiger partial charge in [-0.15, -0.1) is 22.7 Å². The number of esters is 1. The molecule has 34 heavy (non-hydrogen) atoms. The molecule has 8 heteroatoms. The molecular weight excluding hydrogens is 468 g/mol. The number of carbonyl (C=O) groups is 2. The van der Waals surface area contributed by atoms with Crippen molar-refractivity contribution in [3.05, 3.63) is 80.7 Å². The maximum atomic E-state index is 13.2. The smallest absolute Gasteiger partial charge is 0.344 e. The zero-order valence-corrected chi connectivity index (χ0v) is 20.1. The van der Waals surface area contributed by atoms with Crippen LogP contribution in [0.5, 0.6) is 5.75 Å². The van der Waals surface area contributed by atoms with Crippen LogP contribution in [0, 0.1) is 5.92 Å². The Bertz CT molecular complexity index is 1190. The molecule has 2 atom stereocenters. The van der Waals surface area contributed by atoms with E-state index in [1.54, 1.807) is 34.8 Å². The summed E-state index contributed by atoms with van der Waals surface area (Å²) in [5.41, 5.74) is 2.16. The largest absolute Gasteiger partial charge is 0.482 e. The zero-order chi connectivity index (χ0) is 23.3. The molecule has 0 saturated heterocycles. The topological polar surface area (TPSA) is 68.2 Å². The second-order valence-corrected chi connectivity index (χ2v) is 10.1. The molecule has 0 bridgehead atoms. The number of amides is 1. The number of nitrogens with zero attached hydrogens (tertiary/aromatic N) is 2.